The molecule has 1 N–H and O–H groups in total. The Kier molecular flexibility index (Phi) is 5.22. The zero-order chi connectivity index (χ0) is 18.7. The van der Waals surface area contributed by atoms with Crippen molar-refractivity contribution in [3.63, 3.8) is 0 Å². The van der Waals surface area contributed by atoms with E-state index in [2.05, 4.69) is 5.32 Å². The predicted octanol–water partition coefficient (Wildman–Crippen LogP) is 2.34. The number of hydrogen-bond donors (Lipinski definition) is 1. The van der Waals surface area contributed by atoms with Crippen LogP contribution in [-0.4, -0.2) is 35.2 Å². The second kappa shape index (κ2) is 7.57. The molecule has 8 heteroatoms. The Morgan fingerprint density at radius 1 is 1.15 bits per heavy atom. The number of carbonyl (C=O) groups excluding carboxylic acids is 2. The molecule has 1 amide bonds. The summed E-state index contributed by atoms with van der Waals surface area (Å²) in [6, 6.07) is 11.4. The third kappa shape index (κ3) is 3.85. The Bertz CT molecular complexity index is 882. The third-order valence-corrected chi connectivity index (χ3v) is 4.69. The lowest BCUT2D eigenvalue weighted by Gasteiger charge is -2.14. The zero-order valence-corrected chi connectivity index (χ0v) is 15.0. The van der Waals surface area contributed by atoms with E-state index >= 15 is 0 Å². The van der Waals surface area contributed by atoms with Crippen LogP contribution in [0, 0.1) is 0 Å². The van der Waals surface area contributed by atoms with Gasteiger partial charge < -0.3 is 19.5 Å². The number of amides is 1. The number of fused-ring (bicyclic) bond motifs is 1. The van der Waals surface area contributed by atoms with Gasteiger partial charge >= 0.3 is 5.97 Å². The third-order valence-electron chi connectivity index (χ3n) is 3.71. The highest BCUT2D eigenvalue weighted by Gasteiger charge is 2.22. The normalized spacial score (nSPS) is 14.4. The van der Waals surface area contributed by atoms with Crippen LogP contribution in [0.3, 0.4) is 0 Å². The molecule has 0 aliphatic carbocycles. The van der Waals surface area contributed by atoms with E-state index in [1.54, 1.807) is 36.4 Å². The number of rotatable bonds is 5. The smallest absolute Gasteiger partial charge is 0.340 e. The monoisotopic (exact) mass is 375 g/mol. The average Bonchev–Trinajstić information content (AvgIpc) is 3.09. The van der Waals surface area contributed by atoms with Gasteiger partial charge in [-0.1, -0.05) is 12.1 Å². The first-order valence-corrected chi connectivity index (χ1v) is 9.35. The fraction of sp³-hybridized carbons (Fsp3) is 0.222. The van der Waals surface area contributed by atoms with Gasteiger partial charge in [0.05, 0.1) is 21.3 Å². The number of benzene rings is 2. The summed E-state index contributed by atoms with van der Waals surface area (Å²) >= 11 is 0. The SMILES string of the molecule is C[C@H](OC(=O)c1ccccc1[S@](C)=O)C(=O)Nc1ccc2c(c1)OCO2. The van der Waals surface area contributed by atoms with Crippen molar-refractivity contribution in [1.82, 2.24) is 0 Å². The highest BCUT2D eigenvalue weighted by atomic mass is 32.2. The Morgan fingerprint density at radius 3 is 2.65 bits per heavy atom. The lowest BCUT2D eigenvalue weighted by Crippen LogP contribution is -2.30. The Balaban J connectivity index is 1.66. The number of hydrogen-bond acceptors (Lipinski definition) is 6. The van der Waals surface area contributed by atoms with Gasteiger partial charge in [-0.15, -0.1) is 0 Å². The van der Waals surface area contributed by atoms with Gasteiger partial charge in [-0.3, -0.25) is 9.00 Å². The van der Waals surface area contributed by atoms with Crippen LogP contribution in [0.2, 0.25) is 0 Å². The van der Waals surface area contributed by atoms with Crippen LogP contribution in [0.1, 0.15) is 17.3 Å². The molecule has 2 aromatic carbocycles. The van der Waals surface area contributed by atoms with Crippen LogP contribution in [0.5, 0.6) is 11.5 Å². The molecular weight excluding hydrogens is 358 g/mol. The van der Waals surface area contributed by atoms with Gasteiger partial charge in [0.1, 0.15) is 0 Å². The maximum absolute atomic E-state index is 12.3. The molecule has 0 saturated heterocycles. The summed E-state index contributed by atoms with van der Waals surface area (Å²) in [5.41, 5.74) is 0.674. The summed E-state index contributed by atoms with van der Waals surface area (Å²) < 4.78 is 27.4. The second-order valence-electron chi connectivity index (χ2n) is 5.56. The van der Waals surface area contributed by atoms with Crippen molar-refractivity contribution in [2.75, 3.05) is 18.4 Å². The molecule has 0 fully saturated rings. The average molecular weight is 375 g/mol. The van der Waals surface area contributed by atoms with Crippen LogP contribution in [0.4, 0.5) is 5.69 Å². The zero-order valence-electron chi connectivity index (χ0n) is 14.2. The number of nitrogens with one attached hydrogen (secondary N) is 1. The summed E-state index contributed by atoms with van der Waals surface area (Å²) in [4.78, 5) is 25.0. The molecule has 1 heterocycles. The molecule has 0 unspecified atom stereocenters. The molecule has 2 aromatic rings. The first-order valence-electron chi connectivity index (χ1n) is 7.79. The van der Waals surface area contributed by atoms with Crippen molar-refractivity contribution in [3.8, 4) is 11.5 Å². The molecule has 3 rings (SSSR count). The van der Waals surface area contributed by atoms with Gasteiger partial charge in [0, 0.05) is 18.0 Å². The topological polar surface area (TPSA) is 90.9 Å². The van der Waals surface area contributed by atoms with E-state index in [4.69, 9.17) is 14.2 Å². The number of ether oxygens (including phenoxy) is 3. The molecule has 0 saturated carbocycles. The van der Waals surface area contributed by atoms with E-state index in [0.29, 0.717) is 22.1 Å². The van der Waals surface area contributed by atoms with Gasteiger partial charge in [-0.2, -0.15) is 0 Å². The standard InChI is InChI=1S/C18H17NO6S/c1-11(25-18(21)13-5-3-4-6-16(13)26(2)22)17(20)19-12-7-8-14-15(9-12)24-10-23-14/h3-9,11H,10H2,1-2H3,(H,19,20)/t11-,26-/m0/s1. The summed E-state index contributed by atoms with van der Waals surface area (Å²) in [6.45, 7) is 1.60. The maximum Gasteiger partial charge on any atom is 0.340 e. The van der Waals surface area contributed by atoms with Crippen molar-refractivity contribution in [2.45, 2.75) is 17.9 Å². The van der Waals surface area contributed by atoms with Crippen LogP contribution >= 0.6 is 0 Å². The molecule has 0 radical (unpaired) electrons. The molecule has 1 aliphatic heterocycles. The lowest BCUT2D eigenvalue weighted by atomic mass is 10.2. The van der Waals surface area contributed by atoms with Gasteiger partial charge in [0.2, 0.25) is 6.79 Å². The first-order chi connectivity index (χ1) is 12.5. The van der Waals surface area contributed by atoms with Crippen molar-refractivity contribution in [2.24, 2.45) is 0 Å². The minimum atomic E-state index is -1.35. The van der Waals surface area contributed by atoms with Crippen LogP contribution in [-0.2, 0) is 20.3 Å². The summed E-state index contributed by atoms with van der Waals surface area (Å²) in [5, 5.41) is 2.65. The second-order valence-corrected chi connectivity index (χ2v) is 6.90. The van der Waals surface area contributed by atoms with E-state index in [9.17, 15) is 13.8 Å². The molecule has 0 bridgehead atoms. The van der Waals surface area contributed by atoms with Crippen LogP contribution < -0.4 is 14.8 Å². The quantitative estimate of drug-likeness (QED) is 0.807. The predicted molar refractivity (Wildman–Crippen MR) is 94.8 cm³/mol. The number of anilines is 1. The van der Waals surface area contributed by atoms with Gasteiger partial charge in [0.25, 0.3) is 5.91 Å². The van der Waals surface area contributed by atoms with Gasteiger partial charge in [-0.05, 0) is 31.2 Å². The van der Waals surface area contributed by atoms with Gasteiger partial charge in [-0.25, -0.2) is 4.79 Å². The minimum absolute atomic E-state index is 0.138. The lowest BCUT2D eigenvalue weighted by molar-refractivity contribution is -0.123. The van der Waals surface area contributed by atoms with Crippen molar-refractivity contribution >= 4 is 28.4 Å². The van der Waals surface area contributed by atoms with Gasteiger partial charge in [0.15, 0.2) is 17.6 Å². The van der Waals surface area contributed by atoms with Crippen molar-refractivity contribution in [3.05, 3.63) is 48.0 Å². The highest BCUT2D eigenvalue weighted by molar-refractivity contribution is 7.84. The van der Waals surface area contributed by atoms with Crippen molar-refractivity contribution in [1.29, 1.82) is 0 Å². The van der Waals surface area contributed by atoms with E-state index in [1.165, 1.54) is 19.2 Å². The Labute approximate surface area is 152 Å². The molecule has 1 aliphatic rings. The molecule has 2 atom stereocenters. The largest absolute Gasteiger partial charge is 0.454 e. The Morgan fingerprint density at radius 2 is 1.88 bits per heavy atom. The molecule has 136 valence electrons. The summed E-state index contributed by atoms with van der Waals surface area (Å²) in [6.07, 6.45) is 0.438. The number of carbonyl (C=O) groups is 2. The molecule has 0 aromatic heterocycles. The summed E-state index contributed by atoms with van der Waals surface area (Å²) in [5.74, 6) is -0.0603. The molecule has 0 spiro atoms. The first kappa shape index (κ1) is 17.9. The molecular formula is C18H17NO6S. The van der Waals surface area contributed by atoms with Crippen LogP contribution in [0.25, 0.3) is 0 Å². The fourth-order valence-electron chi connectivity index (χ4n) is 2.38. The highest BCUT2D eigenvalue weighted by Crippen LogP contribution is 2.34. The minimum Gasteiger partial charge on any atom is -0.454 e. The summed E-state index contributed by atoms with van der Waals surface area (Å²) in [7, 11) is -1.35. The van der Waals surface area contributed by atoms with E-state index in [0.717, 1.165) is 0 Å². The molecule has 26 heavy (non-hydrogen) atoms. The van der Waals surface area contributed by atoms with E-state index in [1.807, 2.05) is 0 Å². The number of esters is 1. The maximum atomic E-state index is 12.3. The van der Waals surface area contributed by atoms with Crippen LogP contribution in [0.15, 0.2) is 47.4 Å². The Hall–Kier alpha value is -2.87. The fourth-order valence-corrected chi connectivity index (χ4v) is 3.11. The van der Waals surface area contributed by atoms with E-state index < -0.39 is 28.8 Å². The van der Waals surface area contributed by atoms with Crippen molar-refractivity contribution < 1.29 is 28.0 Å². The van der Waals surface area contributed by atoms with E-state index in [-0.39, 0.29) is 12.4 Å². The molecule has 7 nitrogen and oxygen atoms in total.